The summed E-state index contributed by atoms with van der Waals surface area (Å²) in [5.74, 6) is 0. The molecule has 0 unspecified atom stereocenters. The van der Waals surface area contributed by atoms with E-state index < -0.39 is 0 Å². The van der Waals surface area contributed by atoms with Gasteiger partial charge in [0.25, 0.3) is 0 Å². The lowest BCUT2D eigenvalue weighted by molar-refractivity contribution is 0.282. The first-order valence-corrected chi connectivity index (χ1v) is 5.23. The SMILES string of the molecule is C=CCN(CCC)c1cnccc1CO. The number of nitrogens with zero attached hydrogens (tertiary/aromatic N) is 2. The molecule has 0 atom stereocenters. The molecule has 0 fully saturated rings. The molecule has 0 radical (unpaired) electrons. The summed E-state index contributed by atoms with van der Waals surface area (Å²) >= 11 is 0. The molecule has 3 heteroatoms. The van der Waals surface area contributed by atoms with Crippen molar-refractivity contribution in [2.45, 2.75) is 20.0 Å². The van der Waals surface area contributed by atoms with Gasteiger partial charge in [-0.2, -0.15) is 0 Å². The Bertz CT molecular complexity index is 312. The number of aromatic nitrogens is 1. The van der Waals surface area contributed by atoms with Crippen LogP contribution in [0.2, 0.25) is 0 Å². The average Bonchev–Trinajstić information content (AvgIpc) is 2.29. The molecule has 3 nitrogen and oxygen atoms in total. The van der Waals surface area contributed by atoms with Crippen molar-refractivity contribution in [2.24, 2.45) is 0 Å². The fourth-order valence-corrected chi connectivity index (χ4v) is 1.57. The number of aliphatic hydroxyl groups is 1. The van der Waals surface area contributed by atoms with Gasteiger partial charge in [-0.25, -0.2) is 0 Å². The van der Waals surface area contributed by atoms with E-state index in [9.17, 15) is 5.11 Å². The maximum Gasteiger partial charge on any atom is 0.0703 e. The molecule has 1 heterocycles. The molecule has 1 aromatic heterocycles. The zero-order chi connectivity index (χ0) is 11.1. The minimum absolute atomic E-state index is 0.0508. The molecular formula is C12H18N2O. The Balaban J connectivity index is 2.92. The zero-order valence-electron chi connectivity index (χ0n) is 9.19. The summed E-state index contributed by atoms with van der Waals surface area (Å²) in [7, 11) is 0. The number of anilines is 1. The summed E-state index contributed by atoms with van der Waals surface area (Å²) in [5.41, 5.74) is 1.92. The highest BCUT2D eigenvalue weighted by atomic mass is 16.3. The Morgan fingerprint density at radius 2 is 2.40 bits per heavy atom. The van der Waals surface area contributed by atoms with Crippen molar-refractivity contribution in [3.05, 3.63) is 36.7 Å². The first-order chi connectivity index (χ1) is 7.33. The Hall–Kier alpha value is -1.35. The van der Waals surface area contributed by atoms with E-state index in [1.165, 1.54) is 0 Å². The predicted octanol–water partition coefficient (Wildman–Crippen LogP) is 1.98. The van der Waals surface area contributed by atoms with Gasteiger partial charge in [-0.15, -0.1) is 6.58 Å². The Kier molecular flexibility index (Phi) is 4.84. The van der Waals surface area contributed by atoms with Crippen molar-refractivity contribution in [3.63, 3.8) is 0 Å². The summed E-state index contributed by atoms with van der Waals surface area (Å²) in [4.78, 5) is 6.26. The van der Waals surface area contributed by atoms with Crippen LogP contribution in [-0.2, 0) is 6.61 Å². The van der Waals surface area contributed by atoms with Crippen LogP contribution in [0.5, 0.6) is 0 Å². The van der Waals surface area contributed by atoms with Crippen molar-refractivity contribution in [1.29, 1.82) is 0 Å². The monoisotopic (exact) mass is 206 g/mol. The van der Waals surface area contributed by atoms with Crippen LogP contribution in [-0.4, -0.2) is 23.2 Å². The van der Waals surface area contributed by atoms with Gasteiger partial charge in [0.15, 0.2) is 0 Å². The summed E-state index contributed by atoms with van der Waals surface area (Å²) < 4.78 is 0. The third-order valence-electron chi connectivity index (χ3n) is 2.24. The van der Waals surface area contributed by atoms with Crippen LogP contribution < -0.4 is 4.90 Å². The van der Waals surface area contributed by atoms with Crippen LogP contribution in [0.1, 0.15) is 18.9 Å². The van der Waals surface area contributed by atoms with Crippen molar-refractivity contribution < 1.29 is 5.11 Å². The Labute approximate surface area is 91.1 Å². The van der Waals surface area contributed by atoms with Crippen LogP contribution in [0, 0.1) is 0 Å². The molecule has 15 heavy (non-hydrogen) atoms. The number of pyridine rings is 1. The second-order valence-electron chi connectivity index (χ2n) is 3.40. The number of aliphatic hydroxyl groups excluding tert-OH is 1. The first-order valence-electron chi connectivity index (χ1n) is 5.23. The second kappa shape index (κ2) is 6.19. The van der Waals surface area contributed by atoms with Crippen molar-refractivity contribution in [1.82, 2.24) is 4.98 Å². The summed E-state index contributed by atoms with van der Waals surface area (Å²) in [6.45, 7) is 7.65. The molecule has 1 N–H and O–H groups in total. The summed E-state index contributed by atoms with van der Waals surface area (Å²) in [6, 6.07) is 1.85. The number of rotatable bonds is 6. The smallest absolute Gasteiger partial charge is 0.0703 e. The molecule has 82 valence electrons. The summed E-state index contributed by atoms with van der Waals surface area (Å²) in [5, 5.41) is 9.22. The van der Waals surface area contributed by atoms with Crippen molar-refractivity contribution in [2.75, 3.05) is 18.0 Å². The lowest BCUT2D eigenvalue weighted by atomic mass is 10.2. The minimum atomic E-state index is 0.0508. The van der Waals surface area contributed by atoms with Gasteiger partial charge in [0, 0.05) is 24.8 Å². The molecule has 0 spiro atoms. The normalized spacial score (nSPS) is 10.0. The number of hydrogen-bond donors (Lipinski definition) is 1. The van der Waals surface area contributed by atoms with Crippen LogP contribution in [0.4, 0.5) is 5.69 Å². The van der Waals surface area contributed by atoms with Crippen LogP contribution >= 0.6 is 0 Å². The molecule has 0 aliphatic carbocycles. The molecule has 0 aliphatic heterocycles. The predicted molar refractivity (Wildman–Crippen MR) is 62.9 cm³/mol. The van der Waals surface area contributed by atoms with Crippen LogP contribution in [0.3, 0.4) is 0 Å². The standard InChI is InChI=1S/C12H18N2O/c1-3-7-14(8-4-2)12-9-13-6-5-11(12)10-15/h3,5-6,9,15H,1,4,7-8,10H2,2H3. The highest BCUT2D eigenvalue weighted by Gasteiger charge is 2.08. The van der Waals surface area contributed by atoms with E-state index in [0.29, 0.717) is 0 Å². The molecule has 0 saturated carbocycles. The molecule has 0 aliphatic rings. The van der Waals surface area contributed by atoms with E-state index in [2.05, 4.69) is 23.4 Å². The van der Waals surface area contributed by atoms with Gasteiger partial charge in [-0.3, -0.25) is 4.98 Å². The summed E-state index contributed by atoms with van der Waals surface area (Å²) in [6.07, 6.45) is 6.43. The molecule has 1 rings (SSSR count). The first kappa shape index (κ1) is 11.7. The number of hydrogen-bond acceptors (Lipinski definition) is 3. The van der Waals surface area contributed by atoms with E-state index >= 15 is 0 Å². The molecule has 0 saturated heterocycles. The average molecular weight is 206 g/mol. The van der Waals surface area contributed by atoms with E-state index in [4.69, 9.17) is 0 Å². The molecule has 0 bridgehead atoms. The van der Waals surface area contributed by atoms with E-state index in [1.807, 2.05) is 12.1 Å². The molecule has 0 aromatic carbocycles. The third-order valence-corrected chi connectivity index (χ3v) is 2.24. The molecule has 0 amide bonds. The topological polar surface area (TPSA) is 36.4 Å². The Morgan fingerprint density at radius 3 is 3.00 bits per heavy atom. The van der Waals surface area contributed by atoms with E-state index in [-0.39, 0.29) is 6.61 Å². The van der Waals surface area contributed by atoms with Gasteiger partial charge in [-0.1, -0.05) is 13.0 Å². The highest BCUT2D eigenvalue weighted by Crippen LogP contribution is 2.19. The fourth-order valence-electron chi connectivity index (χ4n) is 1.57. The lowest BCUT2D eigenvalue weighted by Crippen LogP contribution is -2.25. The van der Waals surface area contributed by atoms with Gasteiger partial charge >= 0.3 is 0 Å². The largest absolute Gasteiger partial charge is 0.392 e. The zero-order valence-corrected chi connectivity index (χ0v) is 9.19. The molecule has 1 aromatic rings. The lowest BCUT2D eigenvalue weighted by Gasteiger charge is -2.24. The second-order valence-corrected chi connectivity index (χ2v) is 3.40. The highest BCUT2D eigenvalue weighted by molar-refractivity contribution is 5.51. The fraction of sp³-hybridized carbons (Fsp3) is 0.417. The quantitative estimate of drug-likeness (QED) is 0.723. The van der Waals surface area contributed by atoms with Crippen LogP contribution in [0.25, 0.3) is 0 Å². The van der Waals surface area contributed by atoms with Gasteiger partial charge in [-0.05, 0) is 12.5 Å². The third kappa shape index (κ3) is 3.06. The van der Waals surface area contributed by atoms with E-state index in [0.717, 1.165) is 30.8 Å². The van der Waals surface area contributed by atoms with Gasteiger partial charge in [0.05, 0.1) is 18.5 Å². The minimum Gasteiger partial charge on any atom is -0.392 e. The molecular weight excluding hydrogens is 188 g/mol. The van der Waals surface area contributed by atoms with Gasteiger partial charge in [0.1, 0.15) is 0 Å². The van der Waals surface area contributed by atoms with Crippen molar-refractivity contribution >= 4 is 5.69 Å². The van der Waals surface area contributed by atoms with Gasteiger partial charge < -0.3 is 10.0 Å². The van der Waals surface area contributed by atoms with Crippen molar-refractivity contribution in [3.8, 4) is 0 Å². The maximum atomic E-state index is 9.22. The van der Waals surface area contributed by atoms with E-state index in [1.54, 1.807) is 12.4 Å². The van der Waals surface area contributed by atoms with Gasteiger partial charge in [0.2, 0.25) is 0 Å². The van der Waals surface area contributed by atoms with Crippen LogP contribution in [0.15, 0.2) is 31.1 Å². The maximum absolute atomic E-state index is 9.22. The Morgan fingerprint density at radius 1 is 1.60 bits per heavy atom.